The molecule has 1 rings (SSSR count). The molecule has 0 spiro atoms. The van der Waals surface area contributed by atoms with E-state index in [4.69, 9.17) is 11.6 Å². The molecule has 0 saturated carbocycles. The fourth-order valence-corrected chi connectivity index (χ4v) is 2.28. The van der Waals surface area contributed by atoms with Crippen LogP contribution in [0, 0.1) is 6.92 Å². The lowest BCUT2D eigenvalue weighted by Crippen LogP contribution is -2.49. The van der Waals surface area contributed by atoms with Crippen molar-refractivity contribution in [3.8, 4) is 0 Å². The van der Waals surface area contributed by atoms with Gasteiger partial charge in [0.2, 0.25) is 0 Å². The van der Waals surface area contributed by atoms with Crippen molar-refractivity contribution < 1.29 is 5.11 Å². The lowest BCUT2D eigenvalue weighted by Gasteiger charge is -2.31. The van der Waals surface area contributed by atoms with E-state index in [-0.39, 0.29) is 12.1 Å². The maximum Gasteiger partial charge on any atom is 0.0814 e. The van der Waals surface area contributed by atoms with Crippen molar-refractivity contribution in [3.63, 3.8) is 0 Å². The summed E-state index contributed by atoms with van der Waals surface area (Å²) < 4.78 is 1.87. The molecule has 1 aromatic heterocycles. The molecule has 0 radical (unpaired) electrons. The molecule has 1 heterocycles. The second-order valence-corrected chi connectivity index (χ2v) is 5.85. The van der Waals surface area contributed by atoms with E-state index in [0.717, 1.165) is 25.1 Å². The Morgan fingerprint density at radius 1 is 1.56 bits per heavy atom. The van der Waals surface area contributed by atoms with Crippen LogP contribution in [-0.4, -0.2) is 33.1 Å². The number of rotatable bonds is 7. The fourth-order valence-electron chi connectivity index (χ4n) is 2.13. The highest BCUT2D eigenvalue weighted by Crippen LogP contribution is 2.16. The Morgan fingerprint density at radius 2 is 2.22 bits per heavy atom. The zero-order valence-electron chi connectivity index (χ0n) is 11.7. The van der Waals surface area contributed by atoms with E-state index >= 15 is 0 Å². The number of nitrogens with one attached hydrogen (secondary N) is 1. The Kier molecular flexibility index (Phi) is 5.63. The van der Waals surface area contributed by atoms with Crippen LogP contribution in [0.3, 0.4) is 0 Å². The van der Waals surface area contributed by atoms with Gasteiger partial charge >= 0.3 is 0 Å². The van der Waals surface area contributed by atoms with E-state index in [9.17, 15) is 5.11 Å². The van der Waals surface area contributed by atoms with Gasteiger partial charge in [0, 0.05) is 24.3 Å². The third kappa shape index (κ3) is 4.59. The molecular formula is C13H24ClN3O. The molecule has 4 nitrogen and oxygen atoms in total. The highest BCUT2D eigenvalue weighted by atomic mass is 35.5. The van der Waals surface area contributed by atoms with E-state index in [1.54, 1.807) is 0 Å². The smallest absolute Gasteiger partial charge is 0.0814 e. The van der Waals surface area contributed by atoms with Gasteiger partial charge in [0.05, 0.1) is 17.3 Å². The largest absolute Gasteiger partial charge is 0.394 e. The van der Waals surface area contributed by atoms with E-state index in [1.165, 1.54) is 0 Å². The van der Waals surface area contributed by atoms with E-state index in [1.807, 2.05) is 24.7 Å². The first-order valence-electron chi connectivity index (χ1n) is 6.44. The zero-order chi connectivity index (χ0) is 13.8. The van der Waals surface area contributed by atoms with Gasteiger partial charge in [-0.3, -0.25) is 4.68 Å². The predicted molar refractivity (Wildman–Crippen MR) is 75.0 cm³/mol. The zero-order valence-corrected chi connectivity index (χ0v) is 12.5. The summed E-state index contributed by atoms with van der Waals surface area (Å²) in [4.78, 5) is 0. The number of aliphatic hydroxyl groups excluding tert-OH is 1. The van der Waals surface area contributed by atoms with Crippen LogP contribution in [0.1, 0.15) is 39.3 Å². The second-order valence-electron chi connectivity index (χ2n) is 5.45. The summed E-state index contributed by atoms with van der Waals surface area (Å²) in [6.45, 7) is 9.09. The van der Waals surface area contributed by atoms with Crippen molar-refractivity contribution in [1.29, 1.82) is 0 Å². The van der Waals surface area contributed by atoms with Crippen LogP contribution >= 0.6 is 11.6 Å². The van der Waals surface area contributed by atoms with Crippen molar-refractivity contribution >= 4 is 11.6 Å². The van der Waals surface area contributed by atoms with Gasteiger partial charge in [0.15, 0.2) is 0 Å². The molecule has 1 atom stereocenters. The molecule has 0 fully saturated rings. The lowest BCUT2D eigenvalue weighted by atomic mass is 9.96. The van der Waals surface area contributed by atoms with Gasteiger partial charge in [-0.2, -0.15) is 5.10 Å². The summed E-state index contributed by atoms with van der Waals surface area (Å²) in [6, 6.07) is 0.364. The summed E-state index contributed by atoms with van der Waals surface area (Å²) in [5.41, 5.74) is 0.641. The first-order chi connectivity index (χ1) is 8.36. The summed E-state index contributed by atoms with van der Waals surface area (Å²) in [6.07, 6.45) is 3.70. The minimum absolute atomic E-state index is 0.143. The van der Waals surface area contributed by atoms with Crippen LogP contribution in [0.5, 0.6) is 0 Å². The molecule has 0 aliphatic heterocycles. The summed E-state index contributed by atoms with van der Waals surface area (Å²) in [5, 5.41) is 17.9. The van der Waals surface area contributed by atoms with Crippen molar-refractivity contribution in [2.75, 3.05) is 6.61 Å². The normalized spacial score (nSPS) is 15.1. The Labute approximate surface area is 114 Å². The van der Waals surface area contributed by atoms with Crippen LogP contribution in [-0.2, 0) is 6.54 Å². The number of aliphatic hydroxyl groups is 1. The molecule has 0 amide bonds. The average Bonchev–Trinajstić information content (AvgIpc) is 2.57. The Hall–Kier alpha value is -0.580. The number of hydrogen-bond acceptors (Lipinski definition) is 3. The molecule has 2 N–H and O–H groups in total. The van der Waals surface area contributed by atoms with Crippen molar-refractivity contribution in [3.05, 3.63) is 16.9 Å². The van der Waals surface area contributed by atoms with Crippen molar-refractivity contribution in [2.45, 2.75) is 58.7 Å². The molecule has 18 heavy (non-hydrogen) atoms. The van der Waals surface area contributed by atoms with Crippen LogP contribution in [0.2, 0.25) is 5.02 Å². The van der Waals surface area contributed by atoms with Crippen LogP contribution in [0.25, 0.3) is 0 Å². The first-order valence-corrected chi connectivity index (χ1v) is 6.82. The third-order valence-corrected chi connectivity index (χ3v) is 3.36. The minimum Gasteiger partial charge on any atom is -0.394 e. The van der Waals surface area contributed by atoms with Crippen LogP contribution < -0.4 is 5.32 Å². The maximum atomic E-state index is 9.47. The number of aryl methyl sites for hydroxylation is 2. The minimum atomic E-state index is -0.222. The number of aromatic nitrogens is 2. The molecule has 1 aromatic rings. The van der Waals surface area contributed by atoms with Gasteiger partial charge in [-0.15, -0.1) is 0 Å². The van der Waals surface area contributed by atoms with E-state index in [2.05, 4.69) is 24.3 Å². The van der Waals surface area contributed by atoms with E-state index < -0.39 is 0 Å². The molecular weight excluding hydrogens is 250 g/mol. The molecule has 0 bridgehead atoms. The van der Waals surface area contributed by atoms with Crippen molar-refractivity contribution in [1.82, 2.24) is 15.1 Å². The summed E-state index contributed by atoms with van der Waals surface area (Å²) in [5.74, 6) is 0. The quantitative estimate of drug-likeness (QED) is 0.802. The standard InChI is InChI=1S/C13H24ClN3O/c1-10(2)15-13(4,9-18)6-5-7-17-8-12(14)11(3)16-17/h8,10,15,18H,5-7,9H2,1-4H3. The molecule has 1 unspecified atom stereocenters. The molecule has 104 valence electrons. The predicted octanol–water partition coefficient (Wildman–Crippen LogP) is 2.37. The number of halogens is 1. The SMILES string of the molecule is Cc1nn(CCCC(C)(CO)NC(C)C)cc1Cl. The van der Waals surface area contributed by atoms with Crippen molar-refractivity contribution in [2.24, 2.45) is 0 Å². The third-order valence-electron chi connectivity index (χ3n) is 2.99. The molecule has 0 aliphatic carbocycles. The Bertz CT molecular complexity index is 359. The van der Waals surface area contributed by atoms with Crippen LogP contribution in [0.15, 0.2) is 6.20 Å². The maximum absolute atomic E-state index is 9.47. The lowest BCUT2D eigenvalue weighted by molar-refractivity contribution is 0.153. The van der Waals surface area contributed by atoms with Gasteiger partial charge < -0.3 is 10.4 Å². The van der Waals surface area contributed by atoms with Gasteiger partial charge in [0.25, 0.3) is 0 Å². The Morgan fingerprint density at radius 3 is 2.67 bits per heavy atom. The fraction of sp³-hybridized carbons (Fsp3) is 0.769. The summed E-state index contributed by atoms with van der Waals surface area (Å²) >= 11 is 5.96. The highest BCUT2D eigenvalue weighted by Gasteiger charge is 2.23. The first kappa shape index (κ1) is 15.5. The van der Waals surface area contributed by atoms with Gasteiger partial charge in [0.1, 0.15) is 0 Å². The number of hydrogen-bond donors (Lipinski definition) is 2. The van der Waals surface area contributed by atoms with E-state index in [0.29, 0.717) is 11.1 Å². The van der Waals surface area contributed by atoms with Crippen LogP contribution in [0.4, 0.5) is 0 Å². The molecule has 0 aromatic carbocycles. The molecule has 5 heteroatoms. The monoisotopic (exact) mass is 273 g/mol. The highest BCUT2D eigenvalue weighted by molar-refractivity contribution is 6.31. The molecule has 0 saturated heterocycles. The van der Waals surface area contributed by atoms with Gasteiger partial charge in [-0.25, -0.2) is 0 Å². The van der Waals surface area contributed by atoms with Gasteiger partial charge in [-0.1, -0.05) is 25.4 Å². The topological polar surface area (TPSA) is 50.1 Å². The second kappa shape index (κ2) is 6.55. The summed E-state index contributed by atoms with van der Waals surface area (Å²) in [7, 11) is 0. The average molecular weight is 274 g/mol. The van der Waals surface area contributed by atoms with Gasteiger partial charge in [-0.05, 0) is 26.7 Å². The number of nitrogens with zero attached hydrogens (tertiary/aromatic N) is 2. The molecule has 0 aliphatic rings. The Balaban J connectivity index is 2.44.